The van der Waals surface area contributed by atoms with E-state index in [1.807, 2.05) is 30.3 Å². The van der Waals surface area contributed by atoms with E-state index in [9.17, 15) is 5.11 Å². The minimum atomic E-state index is -0.782. The number of aliphatic hydroxyl groups is 1. The zero-order valence-electron chi connectivity index (χ0n) is 10.2. The number of fused-ring (bicyclic) bond motifs is 1. The molecule has 0 fully saturated rings. The normalized spacial score (nSPS) is 15.1. The molecule has 3 rings (SSSR count). The second-order valence-electron chi connectivity index (χ2n) is 4.33. The number of benzene rings is 2. The fourth-order valence-electron chi connectivity index (χ4n) is 2.17. The van der Waals surface area contributed by atoms with E-state index in [1.165, 1.54) is 0 Å². The van der Waals surface area contributed by atoms with Gasteiger partial charge in [0.1, 0.15) is 19.3 Å². The summed E-state index contributed by atoms with van der Waals surface area (Å²) in [5, 5.41) is 11.1. The minimum Gasteiger partial charge on any atom is -0.486 e. The van der Waals surface area contributed by atoms with E-state index >= 15 is 0 Å². The Morgan fingerprint density at radius 2 is 1.84 bits per heavy atom. The van der Waals surface area contributed by atoms with Gasteiger partial charge in [0.15, 0.2) is 11.5 Å². The van der Waals surface area contributed by atoms with Crippen molar-refractivity contribution in [1.82, 2.24) is 0 Å². The van der Waals surface area contributed by atoms with Gasteiger partial charge in [0.05, 0.1) is 0 Å². The van der Waals surface area contributed by atoms with Crippen LogP contribution >= 0.6 is 11.6 Å². The third kappa shape index (κ3) is 2.39. The number of aliphatic hydroxyl groups excluding tert-OH is 1. The molecule has 0 aromatic heterocycles. The van der Waals surface area contributed by atoms with Gasteiger partial charge in [-0.3, -0.25) is 0 Å². The van der Waals surface area contributed by atoms with Crippen molar-refractivity contribution in [3.63, 3.8) is 0 Å². The molecule has 0 saturated carbocycles. The van der Waals surface area contributed by atoms with E-state index in [0.717, 1.165) is 5.56 Å². The average molecular weight is 277 g/mol. The number of para-hydroxylation sites is 1. The lowest BCUT2D eigenvalue weighted by Gasteiger charge is -2.23. The number of hydrogen-bond donors (Lipinski definition) is 1. The molecule has 2 aromatic rings. The summed E-state index contributed by atoms with van der Waals surface area (Å²) in [5.74, 6) is 1.28. The molecular weight excluding hydrogens is 264 g/mol. The Morgan fingerprint density at radius 1 is 1.05 bits per heavy atom. The van der Waals surface area contributed by atoms with E-state index in [2.05, 4.69) is 0 Å². The molecule has 19 heavy (non-hydrogen) atoms. The highest BCUT2D eigenvalue weighted by molar-refractivity contribution is 6.30. The molecule has 0 radical (unpaired) electrons. The summed E-state index contributed by atoms with van der Waals surface area (Å²) < 4.78 is 11.1. The summed E-state index contributed by atoms with van der Waals surface area (Å²) in [6.07, 6.45) is -0.782. The Morgan fingerprint density at radius 3 is 2.68 bits per heavy atom. The summed E-state index contributed by atoms with van der Waals surface area (Å²) in [7, 11) is 0. The van der Waals surface area contributed by atoms with Gasteiger partial charge in [-0.05, 0) is 23.8 Å². The van der Waals surface area contributed by atoms with Gasteiger partial charge in [0.25, 0.3) is 0 Å². The van der Waals surface area contributed by atoms with Crippen molar-refractivity contribution >= 4 is 11.6 Å². The van der Waals surface area contributed by atoms with Crippen molar-refractivity contribution in [3.8, 4) is 11.5 Å². The molecule has 0 aliphatic carbocycles. The lowest BCUT2D eigenvalue weighted by atomic mass is 10.00. The van der Waals surface area contributed by atoms with Gasteiger partial charge in [-0.25, -0.2) is 0 Å². The molecule has 3 nitrogen and oxygen atoms in total. The summed E-state index contributed by atoms with van der Waals surface area (Å²) in [6, 6.07) is 12.7. The molecule has 1 aliphatic rings. The summed E-state index contributed by atoms with van der Waals surface area (Å²) >= 11 is 5.95. The van der Waals surface area contributed by atoms with Crippen LogP contribution in [0.4, 0.5) is 0 Å². The predicted molar refractivity (Wildman–Crippen MR) is 72.9 cm³/mol. The Hall–Kier alpha value is -1.71. The van der Waals surface area contributed by atoms with Crippen LogP contribution in [0.2, 0.25) is 5.02 Å². The van der Waals surface area contributed by atoms with E-state index in [4.69, 9.17) is 21.1 Å². The Balaban J connectivity index is 2.02. The highest BCUT2D eigenvalue weighted by Gasteiger charge is 2.21. The number of rotatable bonds is 2. The zero-order valence-corrected chi connectivity index (χ0v) is 10.9. The SMILES string of the molecule is OC(c1cccc(Cl)c1)c1cccc2c1OCCO2. The predicted octanol–water partition coefficient (Wildman–Crippen LogP) is 3.19. The van der Waals surface area contributed by atoms with Crippen LogP contribution < -0.4 is 9.47 Å². The first-order valence-corrected chi connectivity index (χ1v) is 6.45. The quantitative estimate of drug-likeness (QED) is 0.915. The fourth-order valence-corrected chi connectivity index (χ4v) is 2.37. The van der Waals surface area contributed by atoms with E-state index in [-0.39, 0.29) is 0 Å². The van der Waals surface area contributed by atoms with Crippen molar-refractivity contribution in [3.05, 3.63) is 58.6 Å². The van der Waals surface area contributed by atoms with Gasteiger partial charge in [0, 0.05) is 10.6 Å². The average Bonchev–Trinajstić information content (AvgIpc) is 2.46. The maximum Gasteiger partial charge on any atom is 0.167 e. The maximum absolute atomic E-state index is 10.5. The van der Waals surface area contributed by atoms with Crippen LogP contribution in [0.15, 0.2) is 42.5 Å². The number of halogens is 1. The van der Waals surface area contributed by atoms with Crippen molar-refractivity contribution in [1.29, 1.82) is 0 Å². The minimum absolute atomic E-state index is 0.492. The molecule has 98 valence electrons. The van der Waals surface area contributed by atoms with Crippen molar-refractivity contribution in [2.75, 3.05) is 13.2 Å². The molecule has 0 bridgehead atoms. The Labute approximate surface area is 116 Å². The first-order valence-electron chi connectivity index (χ1n) is 6.08. The summed E-state index contributed by atoms with van der Waals surface area (Å²) in [5.41, 5.74) is 1.43. The lowest BCUT2D eigenvalue weighted by molar-refractivity contribution is 0.158. The van der Waals surface area contributed by atoms with Gasteiger partial charge in [-0.2, -0.15) is 0 Å². The molecule has 2 aromatic carbocycles. The van der Waals surface area contributed by atoms with Crippen LogP contribution in [-0.2, 0) is 0 Å². The van der Waals surface area contributed by atoms with Crippen LogP contribution in [-0.4, -0.2) is 18.3 Å². The second kappa shape index (κ2) is 5.11. The molecule has 0 spiro atoms. The maximum atomic E-state index is 10.5. The topological polar surface area (TPSA) is 38.7 Å². The van der Waals surface area contributed by atoms with E-state index in [1.54, 1.807) is 12.1 Å². The third-order valence-corrected chi connectivity index (χ3v) is 3.29. The van der Waals surface area contributed by atoms with Crippen molar-refractivity contribution in [2.24, 2.45) is 0 Å². The zero-order chi connectivity index (χ0) is 13.2. The van der Waals surface area contributed by atoms with Crippen LogP contribution in [0.3, 0.4) is 0 Å². The van der Waals surface area contributed by atoms with Crippen LogP contribution in [0.5, 0.6) is 11.5 Å². The van der Waals surface area contributed by atoms with E-state index < -0.39 is 6.10 Å². The number of hydrogen-bond acceptors (Lipinski definition) is 3. The molecule has 1 atom stereocenters. The van der Waals surface area contributed by atoms with Crippen LogP contribution in [0.1, 0.15) is 17.2 Å². The lowest BCUT2D eigenvalue weighted by Crippen LogP contribution is -2.17. The van der Waals surface area contributed by atoms with Gasteiger partial charge in [-0.1, -0.05) is 35.9 Å². The van der Waals surface area contributed by atoms with Crippen LogP contribution in [0, 0.1) is 0 Å². The van der Waals surface area contributed by atoms with E-state index in [0.29, 0.717) is 35.3 Å². The first-order chi connectivity index (χ1) is 9.25. The number of ether oxygens (including phenoxy) is 2. The standard InChI is InChI=1S/C15H13ClO3/c16-11-4-1-3-10(9-11)14(17)12-5-2-6-13-15(12)19-8-7-18-13/h1-6,9,14,17H,7-8H2. The van der Waals surface area contributed by atoms with Gasteiger partial charge >= 0.3 is 0 Å². The summed E-state index contributed by atoms with van der Waals surface area (Å²) in [6.45, 7) is 1.02. The largest absolute Gasteiger partial charge is 0.486 e. The van der Waals surface area contributed by atoms with Gasteiger partial charge in [-0.15, -0.1) is 0 Å². The monoisotopic (exact) mass is 276 g/mol. The van der Waals surface area contributed by atoms with Gasteiger partial charge < -0.3 is 14.6 Å². The molecule has 4 heteroatoms. The highest BCUT2D eigenvalue weighted by atomic mass is 35.5. The highest BCUT2D eigenvalue weighted by Crippen LogP contribution is 2.39. The Kier molecular flexibility index (Phi) is 3.32. The third-order valence-electron chi connectivity index (χ3n) is 3.06. The fraction of sp³-hybridized carbons (Fsp3) is 0.200. The van der Waals surface area contributed by atoms with Crippen LogP contribution in [0.25, 0.3) is 0 Å². The second-order valence-corrected chi connectivity index (χ2v) is 4.77. The van der Waals surface area contributed by atoms with Crippen molar-refractivity contribution < 1.29 is 14.6 Å². The molecule has 1 aliphatic heterocycles. The Bertz CT molecular complexity index is 598. The summed E-state index contributed by atoms with van der Waals surface area (Å²) in [4.78, 5) is 0. The molecule has 1 unspecified atom stereocenters. The smallest absolute Gasteiger partial charge is 0.167 e. The molecular formula is C15H13ClO3. The molecule has 1 N–H and O–H groups in total. The van der Waals surface area contributed by atoms with Gasteiger partial charge in [0.2, 0.25) is 0 Å². The molecule has 1 heterocycles. The molecule has 0 amide bonds. The molecule has 0 saturated heterocycles. The van der Waals surface area contributed by atoms with Crippen molar-refractivity contribution in [2.45, 2.75) is 6.10 Å². The first kappa shape index (κ1) is 12.3.